The molecule has 8 nitrogen and oxygen atoms in total. The number of para-hydroxylation sites is 1. The predicted octanol–water partition coefficient (Wildman–Crippen LogP) is 0.0473. The Balaban J connectivity index is 1.56. The van der Waals surface area contributed by atoms with E-state index in [2.05, 4.69) is 15.5 Å². The van der Waals surface area contributed by atoms with Crippen molar-refractivity contribution in [1.29, 1.82) is 0 Å². The zero-order valence-electron chi connectivity index (χ0n) is 15.7. The summed E-state index contributed by atoms with van der Waals surface area (Å²) in [6.45, 7) is 7.87. The van der Waals surface area contributed by atoms with Crippen molar-refractivity contribution in [2.24, 2.45) is 0 Å². The first-order chi connectivity index (χ1) is 13.0. The van der Waals surface area contributed by atoms with Gasteiger partial charge in [0.25, 0.3) is 5.91 Å². The summed E-state index contributed by atoms with van der Waals surface area (Å²) < 4.78 is 5.27. The van der Waals surface area contributed by atoms with Gasteiger partial charge in [-0.15, -0.1) is 0 Å². The molecule has 1 fully saturated rings. The third-order valence-corrected chi connectivity index (χ3v) is 4.81. The number of ether oxygens (including phenoxy) is 1. The average molecular weight is 374 g/mol. The molecule has 146 valence electrons. The molecule has 0 bridgehead atoms. The Morgan fingerprint density at radius 3 is 2.59 bits per heavy atom. The molecule has 3 amide bonds. The van der Waals surface area contributed by atoms with E-state index in [0.717, 1.165) is 18.8 Å². The molecule has 2 heterocycles. The van der Waals surface area contributed by atoms with Gasteiger partial charge in [-0.05, 0) is 19.9 Å². The summed E-state index contributed by atoms with van der Waals surface area (Å²) in [7, 11) is 0. The predicted molar refractivity (Wildman–Crippen MR) is 100 cm³/mol. The van der Waals surface area contributed by atoms with Crippen molar-refractivity contribution in [3.8, 4) is 0 Å². The quantitative estimate of drug-likeness (QED) is 0.711. The molecular formula is C19H26N4O4. The van der Waals surface area contributed by atoms with Crippen LogP contribution < -0.4 is 15.5 Å². The first kappa shape index (κ1) is 19.3. The number of nitrogens with one attached hydrogen (secondary N) is 2. The van der Waals surface area contributed by atoms with Crippen LogP contribution in [0.3, 0.4) is 0 Å². The molecular weight excluding hydrogens is 348 g/mol. The lowest BCUT2D eigenvalue weighted by Gasteiger charge is -2.26. The van der Waals surface area contributed by atoms with Crippen LogP contribution in [0.1, 0.15) is 25.5 Å². The lowest BCUT2D eigenvalue weighted by Crippen LogP contribution is -2.47. The molecule has 0 spiro atoms. The first-order valence-corrected chi connectivity index (χ1v) is 9.30. The Kier molecular flexibility index (Phi) is 6.08. The maximum atomic E-state index is 12.7. The Morgan fingerprint density at radius 1 is 1.19 bits per heavy atom. The molecule has 1 saturated heterocycles. The van der Waals surface area contributed by atoms with Crippen LogP contribution in [0.4, 0.5) is 5.69 Å². The van der Waals surface area contributed by atoms with Crippen LogP contribution in [-0.2, 0) is 19.1 Å². The minimum absolute atomic E-state index is 0.0390. The van der Waals surface area contributed by atoms with Gasteiger partial charge in [-0.3, -0.25) is 19.3 Å². The molecule has 0 aliphatic carbocycles. The van der Waals surface area contributed by atoms with E-state index in [1.165, 1.54) is 0 Å². The number of fused-ring (bicyclic) bond motifs is 1. The average Bonchev–Trinajstić information content (AvgIpc) is 2.94. The van der Waals surface area contributed by atoms with E-state index in [9.17, 15) is 14.4 Å². The van der Waals surface area contributed by atoms with Crippen molar-refractivity contribution in [3.63, 3.8) is 0 Å². The van der Waals surface area contributed by atoms with Crippen molar-refractivity contribution in [2.45, 2.75) is 25.9 Å². The van der Waals surface area contributed by atoms with Crippen LogP contribution in [-0.4, -0.2) is 68.1 Å². The fourth-order valence-corrected chi connectivity index (χ4v) is 3.44. The maximum absolute atomic E-state index is 12.7. The van der Waals surface area contributed by atoms with Crippen LogP contribution >= 0.6 is 0 Å². The summed E-state index contributed by atoms with van der Waals surface area (Å²) in [5, 5.41) is 5.20. The molecule has 2 aliphatic rings. The topological polar surface area (TPSA) is 91.0 Å². The molecule has 1 atom stereocenters. The van der Waals surface area contributed by atoms with Crippen LogP contribution in [0.25, 0.3) is 0 Å². The molecule has 3 rings (SSSR count). The van der Waals surface area contributed by atoms with Gasteiger partial charge in [-0.2, -0.15) is 0 Å². The fourth-order valence-electron chi connectivity index (χ4n) is 3.44. The Hall–Kier alpha value is -2.45. The van der Waals surface area contributed by atoms with Gasteiger partial charge in [-0.1, -0.05) is 18.2 Å². The molecule has 1 aromatic rings. The van der Waals surface area contributed by atoms with Crippen molar-refractivity contribution in [2.75, 3.05) is 44.3 Å². The smallest absolute Gasteiger partial charge is 0.310 e. The van der Waals surface area contributed by atoms with Crippen LogP contribution in [0.15, 0.2) is 24.3 Å². The molecule has 2 N–H and O–H groups in total. The number of morpholine rings is 1. The molecule has 0 aromatic heterocycles. The van der Waals surface area contributed by atoms with Gasteiger partial charge in [0.2, 0.25) is 0 Å². The summed E-state index contributed by atoms with van der Waals surface area (Å²) in [5.74, 6) is -1.74. The van der Waals surface area contributed by atoms with Crippen molar-refractivity contribution >= 4 is 23.4 Å². The number of benzene rings is 1. The zero-order valence-corrected chi connectivity index (χ0v) is 15.7. The van der Waals surface area contributed by atoms with Crippen molar-refractivity contribution < 1.29 is 19.1 Å². The monoisotopic (exact) mass is 374 g/mol. The second-order valence-corrected chi connectivity index (χ2v) is 6.98. The highest BCUT2D eigenvalue weighted by atomic mass is 16.5. The van der Waals surface area contributed by atoms with Gasteiger partial charge >= 0.3 is 11.8 Å². The SMILES string of the molecule is CC(C)N1C(=O)[C@H](NC(=O)C(=O)NCCN2CCOCC2)c2ccccc21. The Morgan fingerprint density at radius 2 is 1.89 bits per heavy atom. The van der Waals surface area contributed by atoms with E-state index in [4.69, 9.17) is 4.74 Å². The van der Waals surface area contributed by atoms with E-state index in [0.29, 0.717) is 31.9 Å². The zero-order chi connectivity index (χ0) is 19.4. The Labute approximate surface area is 158 Å². The Bertz CT molecular complexity index is 715. The van der Waals surface area contributed by atoms with E-state index in [1.807, 2.05) is 32.0 Å². The highest BCUT2D eigenvalue weighted by molar-refractivity contribution is 6.35. The third kappa shape index (κ3) is 4.28. The summed E-state index contributed by atoms with van der Waals surface area (Å²) in [4.78, 5) is 41.0. The highest BCUT2D eigenvalue weighted by Gasteiger charge is 2.39. The fraction of sp³-hybridized carbons (Fsp3) is 0.526. The molecule has 2 aliphatic heterocycles. The van der Waals surface area contributed by atoms with Crippen molar-refractivity contribution in [3.05, 3.63) is 29.8 Å². The van der Waals surface area contributed by atoms with E-state index in [1.54, 1.807) is 11.0 Å². The number of anilines is 1. The van der Waals surface area contributed by atoms with Gasteiger partial charge in [0.1, 0.15) is 6.04 Å². The van der Waals surface area contributed by atoms with Gasteiger partial charge in [0, 0.05) is 43.5 Å². The summed E-state index contributed by atoms with van der Waals surface area (Å²) in [5.41, 5.74) is 1.49. The number of carbonyl (C=O) groups excluding carboxylic acids is 3. The van der Waals surface area contributed by atoms with E-state index in [-0.39, 0.29) is 11.9 Å². The van der Waals surface area contributed by atoms with Crippen LogP contribution in [0.5, 0.6) is 0 Å². The number of nitrogens with zero attached hydrogens (tertiary/aromatic N) is 2. The minimum Gasteiger partial charge on any atom is -0.379 e. The summed E-state index contributed by atoms with van der Waals surface area (Å²) in [6.07, 6.45) is 0. The second-order valence-electron chi connectivity index (χ2n) is 6.98. The number of carbonyl (C=O) groups is 3. The minimum atomic E-state index is -0.832. The maximum Gasteiger partial charge on any atom is 0.310 e. The van der Waals surface area contributed by atoms with Crippen LogP contribution in [0.2, 0.25) is 0 Å². The standard InChI is InChI=1S/C19H26N4O4/c1-13(2)23-15-6-4-3-5-14(15)16(19(23)26)21-18(25)17(24)20-7-8-22-9-11-27-12-10-22/h3-6,13,16H,7-12H2,1-2H3,(H,20,24)(H,21,25)/t16-/m1/s1. The van der Waals surface area contributed by atoms with E-state index >= 15 is 0 Å². The molecule has 27 heavy (non-hydrogen) atoms. The highest BCUT2D eigenvalue weighted by Crippen LogP contribution is 2.36. The summed E-state index contributed by atoms with van der Waals surface area (Å²) in [6, 6.07) is 6.45. The second kappa shape index (κ2) is 8.49. The third-order valence-electron chi connectivity index (χ3n) is 4.81. The number of hydrogen-bond acceptors (Lipinski definition) is 5. The molecule has 0 radical (unpaired) electrons. The van der Waals surface area contributed by atoms with Gasteiger partial charge in [-0.25, -0.2) is 0 Å². The number of amides is 3. The summed E-state index contributed by atoms with van der Waals surface area (Å²) >= 11 is 0. The molecule has 0 unspecified atom stereocenters. The lowest BCUT2D eigenvalue weighted by atomic mass is 10.1. The molecule has 8 heteroatoms. The van der Waals surface area contributed by atoms with Gasteiger partial charge in [0.05, 0.1) is 13.2 Å². The van der Waals surface area contributed by atoms with Gasteiger partial charge in [0.15, 0.2) is 0 Å². The van der Waals surface area contributed by atoms with Crippen LogP contribution in [0, 0.1) is 0 Å². The van der Waals surface area contributed by atoms with Crippen molar-refractivity contribution in [1.82, 2.24) is 15.5 Å². The van der Waals surface area contributed by atoms with Gasteiger partial charge < -0.3 is 20.3 Å². The largest absolute Gasteiger partial charge is 0.379 e. The first-order valence-electron chi connectivity index (χ1n) is 9.30. The number of hydrogen-bond donors (Lipinski definition) is 2. The normalized spacial score (nSPS) is 19.9. The molecule has 1 aromatic carbocycles. The molecule has 0 saturated carbocycles. The lowest BCUT2D eigenvalue weighted by molar-refractivity contribution is -0.140. The number of rotatable bonds is 5. The van der Waals surface area contributed by atoms with E-state index < -0.39 is 17.9 Å².